The van der Waals surface area contributed by atoms with Crippen molar-refractivity contribution in [3.8, 4) is 0 Å². The lowest BCUT2D eigenvalue weighted by atomic mass is 10.2. The third-order valence-electron chi connectivity index (χ3n) is 2.26. The first-order valence-corrected chi connectivity index (χ1v) is 5.81. The smallest absolute Gasteiger partial charge is 0.305 e. The van der Waals surface area contributed by atoms with Gasteiger partial charge in [-0.2, -0.15) is 0 Å². The van der Waals surface area contributed by atoms with Crippen LogP contribution in [-0.4, -0.2) is 23.0 Å². The summed E-state index contributed by atoms with van der Waals surface area (Å²) in [6, 6.07) is 2.13. The number of carboxylic acids is 1. The molecule has 1 aromatic rings. The van der Waals surface area contributed by atoms with E-state index in [9.17, 15) is 9.59 Å². The third-order valence-corrected chi connectivity index (χ3v) is 3.07. The van der Waals surface area contributed by atoms with Crippen molar-refractivity contribution < 1.29 is 14.7 Å². The first-order valence-electron chi connectivity index (χ1n) is 5.05. The van der Waals surface area contributed by atoms with Gasteiger partial charge in [0.25, 0.3) is 0 Å². The summed E-state index contributed by atoms with van der Waals surface area (Å²) >= 11 is 11.9. The molecule has 1 amide bonds. The fourth-order valence-corrected chi connectivity index (χ4v) is 1.73. The molecule has 98 valence electrons. The SMILES string of the molecule is Cc1ccc(Cl)c(NC(=O)C(N)CC(=O)O)c1Cl. The van der Waals surface area contributed by atoms with E-state index in [4.69, 9.17) is 34.0 Å². The number of carbonyl (C=O) groups excluding carboxylic acids is 1. The number of carbonyl (C=O) groups is 2. The van der Waals surface area contributed by atoms with Crippen LogP contribution in [0.4, 0.5) is 5.69 Å². The van der Waals surface area contributed by atoms with Crippen molar-refractivity contribution in [3.63, 3.8) is 0 Å². The Morgan fingerprint density at radius 2 is 2.06 bits per heavy atom. The van der Waals surface area contributed by atoms with Gasteiger partial charge in [0.2, 0.25) is 5.91 Å². The van der Waals surface area contributed by atoms with Crippen LogP contribution < -0.4 is 11.1 Å². The second kappa shape index (κ2) is 6.04. The number of aliphatic carboxylic acids is 1. The third kappa shape index (κ3) is 3.60. The van der Waals surface area contributed by atoms with Gasteiger partial charge in [0.05, 0.1) is 28.2 Å². The van der Waals surface area contributed by atoms with Crippen molar-refractivity contribution in [2.24, 2.45) is 5.73 Å². The Hall–Kier alpha value is -1.30. The number of carboxylic acid groups (broad SMARTS) is 1. The van der Waals surface area contributed by atoms with Crippen molar-refractivity contribution in [3.05, 3.63) is 27.7 Å². The Bertz CT molecular complexity index is 491. The van der Waals surface area contributed by atoms with Gasteiger partial charge in [0.1, 0.15) is 0 Å². The maximum absolute atomic E-state index is 11.6. The van der Waals surface area contributed by atoms with Crippen LogP contribution in [0.15, 0.2) is 12.1 Å². The van der Waals surface area contributed by atoms with Crippen molar-refractivity contribution in [2.75, 3.05) is 5.32 Å². The highest BCUT2D eigenvalue weighted by Crippen LogP contribution is 2.32. The topological polar surface area (TPSA) is 92.4 Å². The van der Waals surface area contributed by atoms with Gasteiger partial charge in [0.15, 0.2) is 0 Å². The number of rotatable bonds is 4. The first-order chi connectivity index (χ1) is 8.32. The second-order valence-corrected chi connectivity index (χ2v) is 4.53. The van der Waals surface area contributed by atoms with Gasteiger partial charge in [-0.25, -0.2) is 0 Å². The van der Waals surface area contributed by atoms with Crippen LogP contribution >= 0.6 is 23.2 Å². The van der Waals surface area contributed by atoms with E-state index in [2.05, 4.69) is 5.32 Å². The van der Waals surface area contributed by atoms with Crippen LogP contribution in [0.2, 0.25) is 10.0 Å². The lowest BCUT2D eigenvalue weighted by molar-refractivity contribution is -0.138. The molecule has 0 spiro atoms. The van der Waals surface area contributed by atoms with Crippen LogP contribution in [-0.2, 0) is 9.59 Å². The number of halogens is 2. The second-order valence-electron chi connectivity index (χ2n) is 3.75. The Kier molecular flexibility index (Phi) is 4.95. The summed E-state index contributed by atoms with van der Waals surface area (Å²) in [5.41, 5.74) is 6.40. The van der Waals surface area contributed by atoms with Crippen molar-refractivity contribution in [1.82, 2.24) is 0 Å². The van der Waals surface area contributed by atoms with Crippen LogP contribution in [0, 0.1) is 6.92 Å². The number of anilines is 1. The number of nitrogens with one attached hydrogen (secondary N) is 1. The summed E-state index contributed by atoms with van der Waals surface area (Å²) < 4.78 is 0. The van der Waals surface area contributed by atoms with Gasteiger partial charge in [-0.15, -0.1) is 0 Å². The minimum atomic E-state index is -1.16. The van der Waals surface area contributed by atoms with E-state index in [1.807, 2.05) is 0 Å². The Balaban J connectivity index is 2.88. The lowest BCUT2D eigenvalue weighted by Gasteiger charge is -2.13. The van der Waals surface area contributed by atoms with Crippen LogP contribution in [0.5, 0.6) is 0 Å². The standard InChI is InChI=1S/C11H12Cl2N2O3/c1-5-2-3-6(12)10(9(5)13)15-11(18)7(14)4-8(16)17/h2-3,7H,4,14H2,1H3,(H,15,18)(H,16,17). The summed E-state index contributed by atoms with van der Waals surface area (Å²) in [4.78, 5) is 22.1. The van der Waals surface area contributed by atoms with Gasteiger partial charge in [-0.1, -0.05) is 29.3 Å². The number of hydrogen-bond acceptors (Lipinski definition) is 3. The zero-order valence-corrected chi connectivity index (χ0v) is 11.0. The molecule has 0 saturated carbocycles. The first kappa shape index (κ1) is 14.8. The molecule has 4 N–H and O–H groups in total. The maximum Gasteiger partial charge on any atom is 0.305 e. The van der Waals surface area contributed by atoms with Crippen LogP contribution in [0.3, 0.4) is 0 Å². The number of benzene rings is 1. The van der Waals surface area contributed by atoms with Gasteiger partial charge < -0.3 is 16.2 Å². The number of amides is 1. The summed E-state index contributed by atoms with van der Waals surface area (Å²) in [6.07, 6.45) is -0.465. The molecule has 0 radical (unpaired) electrons. The molecule has 1 rings (SSSR count). The normalized spacial score (nSPS) is 12.0. The zero-order valence-electron chi connectivity index (χ0n) is 9.54. The minimum absolute atomic E-state index is 0.240. The molecule has 0 heterocycles. The number of hydrogen-bond donors (Lipinski definition) is 3. The molecule has 0 aliphatic rings. The molecule has 0 aromatic heterocycles. The monoisotopic (exact) mass is 290 g/mol. The molecule has 5 nitrogen and oxygen atoms in total. The molecule has 18 heavy (non-hydrogen) atoms. The highest BCUT2D eigenvalue weighted by Gasteiger charge is 2.19. The molecule has 0 bridgehead atoms. The lowest BCUT2D eigenvalue weighted by Crippen LogP contribution is -2.37. The summed E-state index contributed by atoms with van der Waals surface area (Å²) in [5, 5.41) is 11.5. The van der Waals surface area contributed by atoms with Gasteiger partial charge in [-0.05, 0) is 18.6 Å². The molecule has 0 saturated heterocycles. The van der Waals surface area contributed by atoms with E-state index in [1.54, 1.807) is 19.1 Å². The van der Waals surface area contributed by atoms with E-state index in [0.29, 0.717) is 5.02 Å². The molecular formula is C11H12Cl2N2O3. The average molecular weight is 291 g/mol. The highest BCUT2D eigenvalue weighted by molar-refractivity contribution is 6.40. The maximum atomic E-state index is 11.6. The Morgan fingerprint density at radius 3 is 2.61 bits per heavy atom. The van der Waals surface area contributed by atoms with Gasteiger partial charge in [-0.3, -0.25) is 9.59 Å². The van der Waals surface area contributed by atoms with Crippen molar-refractivity contribution in [1.29, 1.82) is 0 Å². The van der Waals surface area contributed by atoms with E-state index >= 15 is 0 Å². The van der Waals surface area contributed by atoms with E-state index in [-0.39, 0.29) is 10.7 Å². The zero-order chi connectivity index (χ0) is 13.9. The van der Waals surface area contributed by atoms with Crippen molar-refractivity contribution in [2.45, 2.75) is 19.4 Å². The fraction of sp³-hybridized carbons (Fsp3) is 0.273. The summed E-state index contributed by atoms with van der Waals surface area (Å²) in [5.74, 6) is -1.80. The molecule has 1 aromatic carbocycles. The van der Waals surface area contributed by atoms with Gasteiger partial charge in [0, 0.05) is 0 Å². The number of aryl methyl sites for hydroxylation is 1. The Morgan fingerprint density at radius 1 is 1.44 bits per heavy atom. The molecular weight excluding hydrogens is 279 g/mol. The predicted molar refractivity (Wildman–Crippen MR) is 70.1 cm³/mol. The molecule has 1 atom stereocenters. The van der Waals surface area contributed by atoms with Crippen molar-refractivity contribution >= 4 is 40.8 Å². The molecule has 0 aliphatic heterocycles. The molecule has 0 aliphatic carbocycles. The largest absolute Gasteiger partial charge is 0.481 e. The highest BCUT2D eigenvalue weighted by atomic mass is 35.5. The summed E-state index contributed by atoms with van der Waals surface area (Å²) in [6.45, 7) is 1.76. The van der Waals surface area contributed by atoms with E-state index in [0.717, 1.165) is 5.56 Å². The Labute approximate surface area is 114 Å². The number of nitrogens with two attached hydrogens (primary N) is 1. The quantitative estimate of drug-likeness (QED) is 0.791. The van der Waals surface area contributed by atoms with E-state index < -0.39 is 24.3 Å². The molecule has 1 unspecified atom stereocenters. The summed E-state index contributed by atoms with van der Waals surface area (Å²) in [7, 11) is 0. The molecule has 7 heteroatoms. The predicted octanol–water partition coefficient (Wildman–Crippen LogP) is 2.04. The minimum Gasteiger partial charge on any atom is -0.481 e. The van der Waals surface area contributed by atoms with E-state index in [1.165, 1.54) is 0 Å². The fourth-order valence-electron chi connectivity index (χ4n) is 1.27. The van der Waals surface area contributed by atoms with Gasteiger partial charge >= 0.3 is 5.97 Å². The van der Waals surface area contributed by atoms with Crippen LogP contribution in [0.1, 0.15) is 12.0 Å². The molecule has 0 fully saturated rings. The van der Waals surface area contributed by atoms with Crippen LogP contribution in [0.25, 0.3) is 0 Å². The average Bonchev–Trinajstić information content (AvgIpc) is 2.28.